The van der Waals surface area contributed by atoms with Crippen molar-refractivity contribution in [1.82, 2.24) is 25.3 Å². The molecule has 0 bridgehead atoms. The molecule has 4 rings (SSSR count). The quantitative estimate of drug-likeness (QED) is 0.413. The van der Waals surface area contributed by atoms with Gasteiger partial charge in [0.15, 0.2) is 0 Å². The second-order valence-corrected chi connectivity index (χ2v) is 6.46. The first-order chi connectivity index (χ1) is 13.2. The fraction of sp³-hybridized carbons (Fsp3) is 0.105. The van der Waals surface area contributed by atoms with Crippen molar-refractivity contribution < 1.29 is 15.6 Å². The summed E-state index contributed by atoms with van der Waals surface area (Å²) in [5, 5.41) is 13.9. The molecule has 1 aromatic carbocycles. The summed E-state index contributed by atoms with van der Waals surface area (Å²) in [4.78, 5) is 27.1. The molecule has 0 aliphatic carbocycles. The zero-order chi connectivity index (χ0) is 18.8. The number of aromatic nitrogens is 4. The summed E-state index contributed by atoms with van der Waals surface area (Å²) in [6.07, 6.45) is 4.98. The third-order valence-electron chi connectivity index (χ3n) is 4.29. The number of fused-ring (bicyclic) bond motifs is 1. The van der Waals surface area contributed by atoms with Crippen LogP contribution in [0, 0.1) is 0 Å². The van der Waals surface area contributed by atoms with E-state index in [2.05, 4.69) is 25.3 Å². The Bertz CT molecular complexity index is 1120. The van der Waals surface area contributed by atoms with Crippen molar-refractivity contribution in [3.63, 3.8) is 0 Å². The fourth-order valence-corrected chi connectivity index (χ4v) is 3.16. The molecule has 0 saturated heterocycles. The van der Waals surface area contributed by atoms with E-state index in [4.69, 9.17) is 11.6 Å². The monoisotopic (exact) mass is 389 g/mol. The highest BCUT2D eigenvalue weighted by molar-refractivity contribution is 6.30. The Hall–Kier alpha value is -3.16. The zero-order valence-electron chi connectivity index (χ0n) is 14.1. The van der Waals surface area contributed by atoms with Gasteiger partial charge in [0, 0.05) is 34.1 Å². The number of aliphatic hydroxyl groups excluding tert-OH is 1. The second-order valence-electron chi connectivity index (χ2n) is 6.03. The van der Waals surface area contributed by atoms with E-state index in [9.17, 15) is 9.90 Å². The van der Waals surface area contributed by atoms with Gasteiger partial charge in [-0.05, 0) is 29.8 Å². The van der Waals surface area contributed by atoms with Crippen LogP contribution in [-0.4, -0.2) is 37.6 Å². The van der Waals surface area contributed by atoms with Crippen molar-refractivity contribution >= 4 is 28.5 Å². The number of halogens is 1. The van der Waals surface area contributed by atoms with Crippen molar-refractivity contribution in [2.24, 2.45) is 0 Å². The first kappa shape index (κ1) is 17.3. The van der Waals surface area contributed by atoms with Gasteiger partial charge in [-0.15, -0.1) is 0 Å². The van der Waals surface area contributed by atoms with Gasteiger partial charge >= 0.3 is 0 Å². The van der Waals surface area contributed by atoms with E-state index in [1.165, 1.54) is 6.33 Å². The summed E-state index contributed by atoms with van der Waals surface area (Å²) in [6, 6.07) is 10.1. The lowest BCUT2D eigenvalue weighted by Crippen LogP contribution is -2.31. The Morgan fingerprint density at radius 1 is 1.26 bits per heavy atom. The van der Waals surface area contributed by atoms with E-state index >= 15 is 0 Å². The van der Waals surface area contributed by atoms with Crippen LogP contribution in [0.25, 0.3) is 22.3 Å². The van der Waals surface area contributed by atoms with Gasteiger partial charge in [-0.25, -0.2) is 9.97 Å². The van der Waals surface area contributed by atoms with Crippen LogP contribution in [0.3, 0.4) is 0 Å². The van der Waals surface area contributed by atoms with Crippen LogP contribution < -0.4 is 5.32 Å². The lowest BCUT2D eigenvalue weighted by molar-refractivity contribution is 0.0912. The highest BCUT2D eigenvalue weighted by atomic mass is 35.5. The van der Waals surface area contributed by atoms with Crippen LogP contribution in [0.5, 0.6) is 0 Å². The largest absolute Gasteiger partial charge is 0.394 e. The molecule has 0 fully saturated rings. The highest BCUT2D eigenvalue weighted by Gasteiger charge is 2.18. The van der Waals surface area contributed by atoms with Gasteiger partial charge in [0.2, 0.25) is 0 Å². The number of nitrogens with zero attached hydrogens (tertiary/aromatic N) is 2. The second kappa shape index (κ2) is 7.22. The molecule has 27 heavy (non-hydrogen) atoms. The molecule has 4 N–H and O–H groups in total. The van der Waals surface area contributed by atoms with Crippen molar-refractivity contribution in [2.75, 3.05) is 6.61 Å². The molecule has 0 unspecified atom stereocenters. The number of aliphatic hydroxyl groups is 1. The molecule has 1 atom stereocenters. The number of hydrogen-bond acceptors (Lipinski definition) is 4. The Balaban J connectivity index is 0.00000225. The smallest absolute Gasteiger partial charge is 0.268 e. The lowest BCUT2D eigenvalue weighted by atomic mass is 10.1. The number of hydrogen-bond donors (Lipinski definition) is 4. The topological polar surface area (TPSA) is 107 Å². The molecule has 0 aliphatic heterocycles. The maximum atomic E-state index is 12.6. The first-order valence-corrected chi connectivity index (χ1v) is 8.67. The summed E-state index contributed by atoms with van der Waals surface area (Å²) in [6.45, 7) is -0.241. The first-order valence-electron chi connectivity index (χ1n) is 8.30. The summed E-state index contributed by atoms with van der Waals surface area (Å²) < 4.78 is 0. The van der Waals surface area contributed by atoms with E-state index < -0.39 is 6.04 Å². The molecule has 0 aliphatic rings. The van der Waals surface area contributed by atoms with Crippen molar-refractivity contribution in [2.45, 2.75) is 6.04 Å². The Morgan fingerprint density at radius 3 is 2.96 bits per heavy atom. The van der Waals surface area contributed by atoms with Crippen LogP contribution in [0.1, 0.15) is 27.8 Å². The molecule has 0 radical (unpaired) electrons. The van der Waals surface area contributed by atoms with E-state index in [0.29, 0.717) is 10.7 Å². The number of aromatic amines is 2. The number of H-pyrrole nitrogens is 2. The minimum absolute atomic E-state index is 0. The summed E-state index contributed by atoms with van der Waals surface area (Å²) >= 11 is 5.99. The Morgan fingerprint density at radius 2 is 2.15 bits per heavy atom. The minimum Gasteiger partial charge on any atom is -0.394 e. The maximum absolute atomic E-state index is 12.6. The maximum Gasteiger partial charge on any atom is 0.268 e. The highest BCUT2D eigenvalue weighted by Crippen LogP contribution is 2.25. The van der Waals surface area contributed by atoms with Crippen molar-refractivity contribution in [3.05, 3.63) is 71.4 Å². The molecule has 7 nitrogen and oxygen atoms in total. The molecule has 0 spiro atoms. The average Bonchev–Trinajstić information content (AvgIpc) is 3.35. The van der Waals surface area contributed by atoms with E-state index in [0.717, 1.165) is 27.9 Å². The Labute approximate surface area is 165 Å². The third kappa shape index (κ3) is 3.42. The van der Waals surface area contributed by atoms with Gasteiger partial charge in [-0.1, -0.05) is 23.7 Å². The fourth-order valence-electron chi connectivity index (χ4n) is 2.96. The van der Waals surface area contributed by atoms with Crippen molar-refractivity contribution in [1.29, 1.82) is 0 Å². The third-order valence-corrected chi connectivity index (χ3v) is 4.53. The number of rotatable bonds is 5. The van der Waals surface area contributed by atoms with Crippen LogP contribution in [0.15, 0.2) is 55.1 Å². The van der Waals surface area contributed by atoms with Crippen LogP contribution in [-0.2, 0) is 0 Å². The predicted molar refractivity (Wildman–Crippen MR) is 111 cm³/mol. The molecule has 8 heteroatoms. The number of carbonyl (C=O) groups excluding carboxylic acids is 1. The van der Waals surface area contributed by atoms with Gasteiger partial charge in [0.05, 0.1) is 18.3 Å². The zero-order valence-corrected chi connectivity index (χ0v) is 14.9. The van der Waals surface area contributed by atoms with Gasteiger partial charge in [-0.2, -0.15) is 0 Å². The standard InChI is InChI=1S/C19H16ClN5O2.4H2/c20-13-3-1-2-11(6-13)16(9-26)25-19(27)15-7-12(8-22-15)17-14-4-5-21-18(14)24-10-23-17;;;;/h1-8,10,16,22,26H,9H2,(H,25,27)(H,21,23,24);4*1H/t16-;;;;/m1..../s1. The van der Waals surface area contributed by atoms with Gasteiger partial charge < -0.3 is 20.4 Å². The van der Waals surface area contributed by atoms with Crippen molar-refractivity contribution in [3.8, 4) is 11.3 Å². The molecule has 3 heterocycles. The van der Waals surface area contributed by atoms with E-state index in [1.54, 1.807) is 42.7 Å². The lowest BCUT2D eigenvalue weighted by Gasteiger charge is -2.16. The van der Waals surface area contributed by atoms with Gasteiger partial charge in [0.25, 0.3) is 5.91 Å². The molecule has 4 aromatic rings. The SMILES string of the molecule is O=C(N[C@H](CO)c1cccc(Cl)c1)c1cc(-c2ncnc3[nH]ccc23)c[nH]1.[HH].[HH].[HH].[HH]. The number of nitrogens with one attached hydrogen (secondary N) is 3. The summed E-state index contributed by atoms with van der Waals surface area (Å²) in [7, 11) is 0. The summed E-state index contributed by atoms with van der Waals surface area (Å²) in [5.41, 5.74) is 3.33. The van der Waals surface area contributed by atoms with Gasteiger partial charge in [0.1, 0.15) is 17.7 Å². The number of benzene rings is 1. The number of carbonyl (C=O) groups is 1. The molecular formula is C19H24ClN5O2. The normalized spacial score (nSPS) is 12.2. The minimum atomic E-state index is -0.557. The number of amides is 1. The molecule has 0 saturated carbocycles. The molecule has 3 aromatic heterocycles. The molecular weight excluding hydrogens is 366 g/mol. The van der Waals surface area contributed by atoms with Crippen LogP contribution >= 0.6 is 11.6 Å². The Kier molecular flexibility index (Phi) is 4.62. The van der Waals surface area contributed by atoms with E-state index in [1.807, 2.05) is 6.07 Å². The van der Waals surface area contributed by atoms with Crippen LogP contribution in [0.2, 0.25) is 5.02 Å². The molecule has 1 amide bonds. The molecule has 144 valence electrons. The summed E-state index contributed by atoms with van der Waals surface area (Å²) in [5.74, 6) is -0.334. The van der Waals surface area contributed by atoms with E-state index in [-0.39, 0.29) is 18.2 Å². The average molecular weight is 390 g/mol. The van der Waals surface area contributed by atoms with Gasteiger partial charge in [-0.3, -0.25) is 4.79 Å². The predicted octanol–water partition coefficient (Wildman–Crippen LogP) is 4.05. The van der Waals surface area contributed by atoms with Crippen LogP contribution in [0.4, 0.5) is 0 Å².